The van der Waals surface area contributed by atoms with Crippen molar-refractivity contribution in [1.82, 2.24) is 4.90 Å². The van der Waals surface area contributed by atoms with Crippen LogP contribution >= 0.6 is 0 Å². The molecule has 10 heavy (non-hydrogen) atoms. The Morgan fingerprint density at radius 2 is 1.90 bits per heavy atom. The largest absolute Gasteiger partial charge is 0.290 e. The topological polar surface area (TPSA) is 3.24 Å². The molecule has 1 saturated heterocycles. The summed E-state index contributed by atoms with van der Waals surface area (Å²) in [6, 6.07) is 0.479. The zero-order valence-corrected chi connectivity index (χ0v) is 6.85. The molecule has 1 heteroatoms. The zero-order chi connectivity index (χ0) is 7.40. The van der Waals surface area contributed by atoms with Crippen LogP contribution in [-0.4, -0.2) is 24.0 Å². The second-order valence-electron chi connectivity index (χ2n) is 2.81. The lowest BCUT2D eigenvalue weighted by atomic mass is 10.3. The third-order valence-electron chi connectivity index (χ3n) is 2.04. The van der Waals surface area contributed by atoms with Crippen molar-refractivity contribution in [2.24, 2.45) is 0 Å². The predicted octanol–water partition coefficient (Wildman–Crippen LogP) is 1.49. The van der Waals surface area contributed by atoms with Gasteiger partial charge < -0.3 is 0 Å². The lowest BCUT2D eigenvalue weighted by Crippen LogP contribution is -2.28. The summed E-state index contributed by atoms with van der Waals surface area (Å²) in [6.07, 6.45) is 2.71. The first-order chi connectivity index (χ1) is 4.84. The molecule has 1 aliphatic heterocycles. The SMILES string of the molecule is CC#C[C@@H](C)N1CCCC1. The molecule has 0 aromatic carbocycles. The number of rotatable bonds is 1. The summed E-state index contributed by atoms with van der Waals surface area (Å²) in [7, 11) is 0. The van der Waals surface area contributed by atoms with Gasteiger partial charge in [0.05, 0.1) is 6.04 Å². The highest BCUT2D eigenvalue weighted by molar-refractivity contribution is 5.04. The fourth-order valence-corrected chi connectivity index (χ4v) is 1.43. The molecule has 1 rings (SSSR count). The Kier molecular flexibility index (Phi) is 2.77. The van der Waals surface area contributed by atoms with Crippen LogP contribution in [0.5, 0.6) is 0 Å². The number of nitrogens with zero attached hydrogens (tertiary/aromatic N) is 1. The number of hydrogen-bond donors (Lipinski definition) is 0. The second kappa shape index (κ2) is 3.63. The van der Waals surface area contributed by atoms with E-state index in [-0.39, 0.29) is 0 Å². The van der Waals surface area contributed by atoms with E-state index in [1.54, 1.807) is 0 Å². The van der Waals surface area contributed by atoms with Crippen LogP contribution in [0, 0.1) is 11.8 Å². The lowest BCUT2D eigenvalue weighted by Gasteiger charge is -2.17. The minimum absolute atomic E-state index is 0.479. The molecular weight excluding hydrogens is 122 g/mol. The average Bonchev–Trinajstić information content (AvgIpc) is 2.38. The fourth-order valence-electron chi connectivity index (χ4n) is 1.43. The molecule has 0 N–H and O–H groups in total. The first kappa shape index (κ1) is 7.63. The van der Waals surface area contributed by atoms with E-state index in [1.165, 1.54) is 25.9 Å². The van der Waals surface area contributed by atoms with Crippen LogP contribution in [0.25, 0.3) is 0 Å². The molecule has 0 aliphatic carbocycles. The zero-order valence-electron chi connectivity index (χ0n) is 6.85. The molecule has 1 heterocycles. The minimum atomic E-state index is 0.479. The Bertz CT molecular complexity index is 146. The van der Waals surface area contributed by atoms with Gasteiger partial charge in [-0.3, -0.25) is 4.90 Å². The summed E-state index contributed by atoms with van der Waals surface area (Å²) in [5.41, 5.74) is 0. The van der Waals surface area contributed by atoms with Crippen molar-refractivity contribution in [3.05, 3.63) is 0 Å². The molecule has 0 amide bonds. The predicted molar refractivity (Wildman–Crippen MR) is 43.7 cm³/mol. The van der Waals surface area contributed by atoms with Gasteiger partial charge in [-0.05, 0) is 39.8 Å². The van der Waals surface area contributed by atoms with Crippen molar-refractivity contribution in [1.29, 1.82) is 0 Å². The molecule has 1 fully saturated rings. The molecule has 0 saturated carbocycles. The summed E-state index contributed by atoms with van der Waals surface area (Å²) < 4.78 is 0. The summed E-state index contributed by atoms with van der Waals surface area (Å²) in [6.45, 7) is 6.58. The van der Waals surface area contributed by atoms with E-state index in [9.17, 15) is 0 Å². The average molecular weight is 137 g/mol. The molecule has 1 nitrogen and oxygen atoms in total. The van der Waals surface area contributed by atoms with Crippen LogP contribution in [-0.2, 0) is 0 Å². The van der Waals surface area contributed by atoms with E-state index < -0.39 is 0 Å². The van der Waals surface area contributed by atoms with E-state index in [1.807, 2.05) is 6.92 Å². The van der Waals surface area contributed by atoms with Gasteiger partial charge in [0, 0.05) is 0 Å². The molecule has 0 unspecified atom stereocenters. The van der Waals surface area contributed by atoms with Crippen molar-refractivity contribution >= 4 is 0 Å². The van der Waals surface area contributed by atoms with E-state index >= 15 is 0 Å². The van der Waals surface area contributed by atoms with Crippen molar-refractivity contribution in [2.75, 3.05) is 13.1 Å². The number of hydrogen-bond acceptors (Lipinski definition) is 1. The molecule has 1 atom stereocenters. The Morgan fingerprint density at radius 3 is 2.40 bits per heavy atom. The van der Waals surface area contributed by atoms with E-state index in [2.05, 4.69) is 23.7 Å². The molecular formula is C9H15N. The summed E-state index contributed by atoms with van der Waals surface area (Å²) >= 11 is 0. The second-order valence-corrected chi connectivity index (χ2v) is 2.81. The Balaban J connectivity index is 2.37. The van der Waals surface area contributed by atoms with Gasteiger partial charge in [0.2, 0.25) is 0 Å². The maximum absolute atomic E-state index is 3.16. The van der Waals surface area contributed by atoms with Gasteiger partial charge in [-0.15, -0.1) is 5.92 Å². The third kappa shape index (κ3) is 1.75. The Labute approximate surface area is 63.4 Å². The van der Waals surface area contributed by atoms with E-state index in [4.69, 9.17) is 0 Å². The highest BCUT2D eigenvalue weighted by Gasteiger charge is 2.15. The van der Waals surface area contributed by atoms with Crippen molar-refractivity contribution in [2.45, 2.75) is 32.7 Å². The van der Waals surface area contributed by atoms with Crippen LogP contribution in [0.15, 0.2) is 0 Å². The van der Waals surface area contributed by atoms with Gasteiger partial charge in [-0.25, -0.2) is 0 Å². The van der Waals surface area contributed by atoms with Crippen LogP contribution in [0.2, 0.25) is 0 Å². The Hall–Kier alpha value is -0.480. The lowest BCUT2D eigenvalue weighted by molar-refractivity contribution is 0.308. The molecule has 0 radical (unpaired) electrons. The first-order valence-electron chi connectivity index (χ1n) is 4.01. The van der Waals surface area contributed by atoms with Crippen LogP contribution in [0.3, 0.4) is 0 Å². The summed E-state index contributed by atoms with van der Waals surface area (Å²) in [4.78, 5) is 2.44. The van der Waals surface area contributed by atoms with Crippen molar-refractivity contribution in [3.8, 4) is 11.8 Å². The van der Waals surface area contributed by atoms with Crippen LogP contribution < -0.4 is 0 Å². The molecule has 1 aliphatic rings. The monoisotopic (exact) mass is 137 g/mol. The first-order valence-corrected chi connectivity index (χ1v) is 4.01. The van der Waals surface area contributed by atoms with Gasteiger partial charge in [0.25, 0.3) is 0 Å². The quantitative estimate of drug-likeness (QED) is 0.495. The standard InChI is InChI=1S/C9H15N/c1-3-6-9(2)10-7-4-5-8-10/h9H,4-5,7-8H2,1-2H3/t9-/m1/s1. The maximum Gasteiger partial charge on any atom is 0.0685 e. The van der Waals surface area contributed by atoms with Gasteiger partial charge >= 0.3 is 0 Å². The van der Waals surface area contributed by atoms with Gasteiger partial charge in [-0.1, -0.05) is 5.92 Å². The molecule has 56 valence electrons. The Morgan fingerprint density at radius 1 is 1.30 bits per heavy atom. The highest BCUT2D eigenvalue weighted by atomic mass is 15.2. The fraction of sp³-hybridized carbons (Fsp3) is 0.778. The summed E-state index contributed by atoms with van der Waals surface area (Å²) in [5, 5.41) is 0. The van der Waals surface area contributed by atoms with Crippen LogP contribution in [0.1, 0.15) is 26.7 Å². The molecule has 0 bridgehead atoms. The van der Waals surface area contributed by atoms with Crippen molar-refractivity contribution < 1.29 is 0 Å². The normalized spacial score (nSPS) is 21.8. The summed E-state index contributed by atoms with van der Waals surface area (Å²) in [5.74, 6) is 6.12. The van der Waals surface area contributed by atoms with E-state index in [0.29, 0.717) is 6.04 Å². The van der Waals surface area contributed by atoms with Crippen LogP contribution in [0.4, 0.5) is 0 Å². The number of likely N-dealkylation sites (tertiary alicyclic amines) is 1. The van der Waals surface area contributed by atoms with Gasteiger partial charge in [0.1, 0.15) is 0 Å². The van der Waals surface area contributed by atoms with Gasteiger partial charge in [-0.2, -0.15) is 0 Å². The smallest absolute Gasteiger partial charge is 0.0685 e. The van der Waals surface area contributed by atoms with E-state index in [0.717, 1.165) is 0 Å². The highest BCUT2D eigenvalue weighted by Crippen LogP contribution is 2.10. The molecule has 0 aromatic rings. The maximum atomic E-state index is 3.16. The molecule has 0 aromatic heterocycles. The third-order valence-corrected chi connectivity index (χ3v) is 2.04. The van der Waals surface area contributed by atoms with Crippen molar-refractivity contribution in [3.63, 3.8) is 0 Å². The van der Waals surface area contributed by atoms with Gasteiger partial charge in [0.15, 0.2) is 0 Å². The molecule has 0 spiro atoms. The minimum Gasteiger partial charge on any atom is -0.290 e.